The Morgan fingerprint density at radius 2 is 1.85 bits per heavy atom. The zero-order valence-corrected chi connectivity index (χ0v) is 15.3. The Labute approximate surface area is 134 Å². The van der Waals surface area contributed by atoms with E-state index in [1.807, 2.05) is 0 Å². The standard InChI is InChI=1S/C15H25BrN2OS/c1-10(17)13(12-6-11(16)7-20-12)18-8-14(2,3)19-15(4,5)9-18/h6-7,10,13H,8-9,17H2,1-5H3. The lowest BCUT2D eigenvalue weighted by Crippen LogP contribution is -2.59. The van der Waals surface area contributed by atoms with Crippen LogP contribution in [0.5, 0.6) is 0 Å². The molecule has 1 aromatic rings. The molecule has 0 aromatic carbocycles. The second kappa shape index (κ2) is 5.69. The van der Waals surface area contributed by atoms with E-state index in [2.05, 4.69) is 66.9 Å². The van der Waals surface area contributed by atoms with Gasteiger partial charge in [-0.3, -0.25) is 4.90 Å². The molecule has 0 radical (unpaired) electrons. The van der Waals surface area contributed by atoms with Gasteiger partial charge in [-0.2, -0.15) is 0 Å². The first kappa shape index (κ1) is 16.4. The van der Waals surface area contributed by atoms with Gasteiger partial charge in [0.15, 0.2) is 0 Å². The highest BCUT2D eigenvalue weighted by atomic mass is 79.9. The lowest BCUT2D eigenvalue weighted by atomic mass is 9.95. The van der Waals surface area contributed by atoms with Crippen molar-refractivity contribution in [3.8, 4) is 0 Å². The number of ether oxygens (including phenoxy) is 1. The number of nitrogens with zero attached hydrogens (tertiary/aromatic N) is 1. The molecule has 1 fully saturated rings. The van der Waals surface area contributed by atoms with Crippen LogP contribution in [0.1, 0.15) is 45.5 Å². The second-order valence-corrected chi connectivity index (χ2v) is 8.86. The van der Waals surface area contributed by atoms with Gasteiger partial charge in [-0.05, 0) is 56.6 Å². The Bertz CT molecular complexity index is 454. The van der Waals surface area contributed by atoms with E-state index in [0.717, 1.165) is 17.6 Å². The van der Waals surface area contributed by atoms with Crippen molar-refractivity contribution in [2.24, 2.45) is 5.73 Å². The third-order valence-corrected chi connectivity index (χ3v) is 5.26. The van der Waals surface area contributed by atoms with Gasteiger partial charge in [0.2, 0.25) is 0 Å². The smallest absolute Gasteiger partial charge is 0.0761 e. The summed E-state index contributed by atoms with van der Waals surface area (Å²) in [7, 11) is 0. The Kier molecular flexibility index (Phi) is 4.67. The molecule has 0 amide bonds. The van der Waals surface area contributed by atoms with Gasteiger partial charge in [-0.25, -0.2) is 0 Å². The summed E-state index contributed by atoms with van der Waals surface area (Å²) in [6.07, 6.45) is 0. The van der Waals surface area contributed by atoms with Crippen molar-refractivity contribution in [3.05, 3.63) is 20.8 Å². The summed E-state index contributed by atoms with van der Waals surface area (Å²) in [4.78, 5) is 3.80. The minimum atomic E-state index is -0.149. The average molecular weight is 361 g/mol. The van der Waals surface area contributed by atoms with Crippen LogP contribution in [0.4, 0.5) is 0 Å². The Hall–Kier alpha value is 0.0600. The summed E-state index contributed by atoms with van der Waals surface area (Å²) in [5.41, 5.74) is 6.00. The van der Waals surface area contributed by atoms with Crippen LogP contribution in [0.3, 0.4) is 0 Å². The Morgan fingerprint density at radius 3 is 2.25 bits per heavy atom. The second-order valence-electron chi connectivity index (χ2n) is 7.00. The van der Waals surface area contributed by atoms with E-state index in [9.17, 15) is 0 Å². The van der Waals surface area contributed by atoms with E-state index in [1.165, 1.54) is 4.88 Å². The van der Waals surface area contributed by atoms with Crippen molar-refractivity contribution < 1.29 is 4.74 Å². The maximum atomic E-state index is 6.29. The summed E-state index contributed by atoms with van der Waals surface area (Å²) in [6, 6.07) is 2.52. The largest absolute Gasteiger partial charge is 0.367 e. The lowest BCUT2D eigenvalue weighted by molar-refractivity contribution is -0.189. The highest BCUT2D eigenvalue weighted by Crippen LogP contribution is 2.37. The quantitative estimate of drug-likeness (QED) is 0.890. The van der Waals surface area contributed by atoms with Gasteiger partial charge in [0.05, 0.1) is 17.2 Å². The Balaban J connectivity index is 2.30. The maximum absolute atomic E-state index is 6.29. The number of nitrogens with two attached hydrogens (primary N) is 1. The van der Waals surface area contributed by atoms with Crippen molar-refractivity contribution in [2.45, 2.75) is 57.9 Å². The van der Waals surface area contributed by atoms with Crippen LogP contribution in [0.2, 0.25) is 0 Å². The molecule has 2 heterocycles. The van der Waals surface area contributed by atoms with Gasteiger partial charge >= 0.3 is 0 Å². The molecule has 1 saturated heterocycles. The van der Waals surface area contributed by atoms with Crippen molar-refractivity contribution in [1.29, 1.82) is 0 Å². The highest BCUT2D eigenvalue weighted by molar-refractivity contribution is 9.10. The molecule has 114 valence electrons. The van der Waals surface area contributed by atoms with Crippen molar-refractivity contribution >= 4 is 27.3 Å². The lowest BCUT2D eigenvalue weighted by Gasteiger charge is -2.50. The van der Waals surface area contributed by atoms with E-state index in [1.54, 1.807) is 11.3 Å². The minimum Gasteiger partial charge on any atom is -0.367 e. The summed E-state index contributed by atoms with van der Waals surface area (Å²) < 4.78 is 7.31. The predicted octanol–water partition coefficient (Wildman–Crippen LogP) is 3.79. The van der Waals surface area contributed by atoms with Crippen LogP contribution >= 0.6 is 27.3 Å². The summed E-state index contributed by atoms with van der Waals surface area (Å²) in [5, 5.41) is 2.13. The third-order valence-electron chi connectivity index (χ3n) is 3.49. The minimum absolute atomic E-state index is 0.0882. The van der Waals surface area contributed by atoms with Gasteiger partial charge in [0.1, 0.15) is 0 Å². The SMILES string of the molecule is CC(N)C(c1cc(Br)cs1)N1CC(C)(C)OC(C)(C)C1. The number of rotatable bonds is 3. The number of thiophene rings is 1. The molecular formula is C15H25BrN2OS. The molecule has 2 unspecified atom stereocenters. The topological polar surface area (TPSA) is 38.5 Å². The summed E-state index contributed by atoms with van der Waals surface area (Å²) in [6.45, 7) is 12.5. The van der Waals surface area contributed by atoms with Crippen molar-refractivity contribution in [1.82, 2.24) is 4.90 Å². The molecule has 0 aliphatic carbocycles. The predicted molar refractivity (Wildman–Crippen MR) is 89.2 cm³/mol. The normalized spacial score (nSPS) is 25.4. The molecule has 0 saturated carbocycles. The molecule has 2 atom stereocenters. The molecule has 2 N–H and O–H groups in total. The molecule has 0 spiro atoms. The van der Waals surface area contributed by atoms with Gasteiger partial charge in [-0.1, -0.05) is 0 Å². The van der Waals surface area contributed by atoms with E-state index in [0.29, 0.717) is 0 Å². The molecule has 1 aliphatic rings. The zero-order valence-electron chi connectivity index (χ0n) is 12.9. The molecular weight excluding hydrogens is 336 g/mol. The van der Waals surface area contributed by atoms with Crippen LogP contribution in [-0.4, -0.2) is 35.2 Å². The average Bonchev–Trinajstić information content (AvgIpc) is 2.59. The van der Waals surface area contributed by atoms with E-state index >= 15 is 0 Å². The molecule has 3 nitrogen and oxygen atoms in total. The molecule has 1 aromatic heterocycles. The van der Waals surface area contributed by atoms with Gasteiger partial charge in [-0.15, -0.1) is 11.3 Å². The summed E-state index contributed by atoms with van der Waals surface area (Å²) >= 11 is 5.32. The first-order valence-corrected chi connectivity index (χ1v) is 8.71. The molecule has 20 heavy (non-hydrogen) atoms. The van der Waals surface area contributed by atoms with Gasteiger partial charge < -0.3 is 10.5 Å². The summed E-state index contributed by atoms with van der Waals surface area (Å²) in [5.74, 6) is 0. The Morgan fingerprint density at radius 1 is 1.30 bits per heavy atom. The zero-order chi connectivity index (χ0) is 15.1. The first-order chi connectivity index (χ1) is 9.10. The number of halogens is 1. The van der Waals surface area contributed by atoms with Gasteiger partial charge in [0, 0.05) is 33.9 Å². The maximum Gasteiger partial charge on any atom is 0.0761 e. The van der Waals surface area contributed by atoms with Crippen LogP contribution in [-0.2, 0) is 4.74 Å². The van der Waals surface area contributed by atoms with E-state index < -0.39 is 0 Å². The fourth-order valence-electron chi connectivity index (χ4n) is 3.30. The fourth-order valence-corrected chi connectivity index (χ4v) is 4.99. The van der Waals surface area contributed by atoms with Crippen LogP contribution < -0.4 is 5.73 Å². The molecule has 1 aliphatic heterocycles. The number of hydrogen-bond acceptors (Lipinski definition) is 4. The van der Waals surface area contributed by atoms with E-state index in [-0.39, 0.29) is 23.3 Å². The third kappa shape index (κ3) is 3.83. The van der Waals surface area contributed by atoms with Crippen molar-refractivity contribution in [2.75, 3.05) is 13.1 Å². The molecule has 0 bridgehead atoms. The van der Waals surface area contributed by atoms with Crippen molar-refractivity contribution in [3.63, 3.8) is 0 Å². The number of hydrogen-bond donors (Lipinski definition) is 1. The molecule has 5 heteroatoms. The van der Waals surface area contributed by atoms with Gasteiger partial charge in [0.25, 0.3) is 0 Å². The highest BCUT2D eigenvalue weighted by Gasteiger charge is 2.41. The fraction of sp³-hybridized carbons (Fsp3) is 0.733. The monoisotopic (exact) mass is 360 g/mol. The molecule has 2 rings (SSSR count). The van der Waals surface area contributed by atoms with Crippen LogP contribution in [0.25, 0.3) is 0 Å². The number of morpholine rings is 1. The first-order valence-electron chi connectivity index (χ1n) is 7.03. The van der Waals surface area contributed by atoms with Crippen LogP contribution in [0, 0.1) is 0 Å². The van der Waals surface area contributed by atoms with E-state index in [4.69, 9.17) is 10.5 Å². The van der Waals surface area contributed by atoms with Crippen LogP contribution in [0.15, 0.2) is 15.9 Å².